The third kappa shape index (κ3) is 2.25. The van der Waals surface area contributed by atoms with Crippen LogP contribution in [0, 0.1) is 5.92 Å². The van der Waals surface area contributed by atoms with E-state index >= 15 is 0 Å². The average molecular weight is 211 g/mol. The number of hydrogen-bond donors (Lipinski definition) is 1. The Hall–Kier alpha value is -0.770. The molecule has 2 aliphatic heterocycles. The normalized spacial score (nSPS) is 29.6. The molecule has 2 amide bonds. The van der Waals surface area contributed by atoms with E-state index in [4.69, 9.17) is 0 Å². The van der Waals surface area contributed by atoms with Crippen molar-refractivity contribution in [3.63, 3.8) is 0 Å². The molecule has 2 heterocycles. The molecule has 86 valence electrons. The van der Waals surface area contributed by atoms with Crippen LogP contribution in [0.4, 0.5) is 4.79 Å². The van der Waals surface area contributed by atoms with Crippen LogP contribution < -0.4 is 5.32 Å². The van der Waals surface area contributed by atoms with Crippen LogP contribution in [0.2, 0.25) is 0 Å². The van der Waals surface area contributed by atoms with E-state index in [0.717, 1.165) is 13.1 Å². The van der Waals surface area contributed by atoms with Crippen LogP contribution in [0.1, 0.15) is 19.8 Å². The molecule has 4 nitrogen and oxygen atoms in total. The summed E-state index contributed by atoms with van der Waals surface area (Å²) in [6.07, 6.45) is 2.44. The predicted octanol–water partition coefficient (Wildman–Crippen LogP) is 0.742. The fourth-order valence-electron chi connectivity index (χ4n) is 2.59. The lowest BCUT2D eigenvalue weighted by atomic mass is 9.90. The van der Waals surface area contributed by atoms with Gasteiger partial charge < -0.3 is 15.1 Å². The first-order valence-electron chi connectivity index (χ1n) is 5.94. The number of carbonyl (C=O) groups excluding carboxylic acids is 1. The second-order valence-electron chi connectivity index (χ2n) is 4.74. The van der Waals surface area contributed by atoms with Crippen molar-refractivity contribution in [2.45, 2.75) is 25.8 Å². The molecule has 2 aliphatic rings. The maximum Gasteiger partial charge on any atom is 0.317 e. The van der Waals surface area contributed by atoms with Crippen molar-refractivity contribution in [2.24, 2.45) is 5.92 Å². The lowest BCUT2D eigenvalue weighted by molar-refractivity contribution is 0.191. The highest BCUT2D eigenvalue weighted by Gasteiger charge is 2.34. The summed E-state index contributed by atoms with van der Waals surface area (Å²) in [6.45, 7) is 6.11. The van der Waals surface area contributed by atoms with Crippen molar-refractivity contribution in [2.75, 3.05) is 33.2 Å². The number of carbonyl (C=O) groups is 1. The van der Waals surface area contributed by atoms with Gasteiger partial charge in [0.2, 0.25) is 0 Å². The number of amides is 2. The first-order chi connectivity index (χ1) is 7.20. The summed E-state index contributed by atoms with van der Waals surface area (Å²) < 4.78 is 0. The van der Waals surface area contributed by atoms with Crippen LogP contribution >= 0.6 is 0 Å². The van der Waals surface area contributed by atoms with Crippen LogP contribution in [-0.2, 0) is 0 Å². The van der Waals surface area contributed by atoms with Crippen LogP contribution in [0.3, 0.4) is 0 Å². The molecular weight excluding hydrogens is 190 g/mol. The molecular formula is C11H21N3O. The molecule has 4 heteroatoms. The number of hydrogen-bond acceptors (Lipinski definition) is 2. The van der Waals surface area contributed by atoms with Crippen molar-refractivity contribution in [1.29, 1.82) is 0 Å². The minimum Gasteiger partial charge on any atom is -0.333 e. The van der Waals surface area contributed by atoms with Gasteiger partial charge in [-0.25, -0.2) is 4.79 Å². The number of urea groups is 1. The fourth-order valence-corrected chi connectivity index (χ4v) is 2.59. The number of piperidine rings is 1. The average Bonchev–Trinajstić information content (AvgIpc) is 2.61. The molecule has 0 aromatic heterocycles. The van der Waals surface area contributed by atoms with Crippen molar-refractivity contribution in [3.05, 3.63) is 0 Å². The SMILES string of the molecule is CCN1CC(C2CCN(C)CC2)NC1=O. The minimum atomic E-state index is 0.126. The molecule has 1 atom stereocenters. The van der Waals surface area contributed by atoms with Gasteiger partial charge in [0.25, 0.3) is 0 Å². The van der Waals surface area contributed by atoms with Gasteiger partial charge in [-0.05, 0) is 45.8 Å². The van der Waals surface area contributed by atoms with E-state index in [0.29, 0.717) is 12.0 Å². The van der Waals surface area contributed by atoms with Gasteiger partial charge in [0.15, 0.2) is 0 Å². The Bertz CT molecular complexity index is 236. The number of nitrogens with one attached hydrogen (secondary N) is 1. The highest BCUT2D eigenvalue weighted by Crippen LogP contribution is 2.23. The van der Waals surface area contributed by atoms with E-state index < -0.39 is 0 Å². The molecule has 0 saturated carbocycles. The van der Waals surface area contributed by atoms with Crippen molar-refractivity contribution >= 4 is 6.03 Å². The second-order valence-corrected chi connectivity index (χ2v) is 4.74. The Morgan fingerprint density at radius 3 is 2.60 bits per heavy atom. The number of likely N-dealkylation sites (N-methyl/N-ethyl adjacent to an activating group) is 1. The Kier molecular flexibility index (Phi) is 3.14. The third-order valence-corrected chi connectivity index (χ3v) is 3.73. The number of likely N-dealkylation sites (tertiary alicyclic amines) is 1. The van der Waals surface area contributed by atoms with Gasteiger partial charge in [0.05, 0.1) is 6.04 Å². The Balaban J connectivity index is 1.88. The molecule has 0 radical (unpaired) electrons. The maximum absolute atomic E-state index is 11.5. The third-order valence-electron chi connectivity index (χ3n) is 3.73. The quantitative estimate of drug-likeness (QED) is 0.731. The summed E-state index contributed by atoms with van der Waals surface area (Å²) in [4.78, 5) is 15.8. The van der Waals surface area contributed by atoms with Crippen LogP contribution in [0.25, 0.3) is 0 Å². The fraction of sp³-hybridized carbons (Fsp3) is 0.909. The molecule has 15 heavy (non-hydrogen) atoms. The summed E-state index contributed by atoms with van der Waals surface area (Å²) in [5, 5.41) is 3.11. The van der Waals surface area contributed by atoms with E-state index in [2.05, 4.69) is 17.3 Å². The maximum atomic E-state index is 11.5. The van der Waals surface area contributed by atoms with Crippen LogP contribution in [0.15, 0.2) is 0 Å². The van der Waals surface area contributed by atoms with Gasteiger partial charge in [-0.15, -0.1) is 0 Å². The largest absolute Gasteiger partial charge is 0.333 e. The molecule has 2 fully saturated rings. The number of rotatable bonds is 2. The summed E-state index contributed by atoms with van der Waals surface area (Å²) in [5.41, 5.74) is 0. The van der Waals surface area contributed by atoms with Crippen molar-refractivity contribution in [3.8, 4) is 0 Å². The zero-order valence-electron chi connectivity index (χ0n) is 9.70. The molecule has 2 rings (SSSR count). The summed E-state index contributed by atoms with van der Waals surface area (Å²) in [6, 6.07) is 0.521. The highest BCUT2D eigenvalue weighted by molar-refractivity contribution is 5.76. The summed E-state index contributed by atoms with van der Waals surface area (Å²) >= 11 is 0. The Labute approximate surface area is 91.6 Å². The predicted molar refractivity (Wildman–Crippen MR) is 59.8 cm³/mol. The van der Waals surface area contributed by atoms with Crippen LogP contribution in [-0.4, -0.2) is 55.1 Å². The Morgan fingerprint density at radius 1 is 1.40 bits per heavy atom. The standard InChI is InChI=1S/C11H21N3O/c1-3-14-8-10(12-11(14)15)9-4-6-13(2)7-5-9/h9-10H,3-8H2,1-2H3,(H,12,15). The smallest absolute Gasteiger partial charge is 0.317 e. The molecule has 1 unspecified atom stereocenters. The van der Waals surface area contributed by atoms with E-state index in [9.17, 15) is 4.79 Å². The van der Waals surface area contributed by atoms with Gasteiger partial charge in [-0.3, -0.25) is 0 Å². The number of nitrogens with zero attached hydrogens (tertiary/aromatic N) is 2. The lowest BCUT2D eigenvalue weighted by Crippen LogP contribution is -2.41. The minimum absolute atomic E-state index is 0.126. The summed E-state index contributed by atoms with van der Waals surface area (Å²) in [5.74, 6) is 0.682. The zero-order chi connectivity index (χ0) is 10.8. The summed E-state index contributed by atoms with van der Waals surface area (Å²) in [7, 11) is 2.17. The Morgan fingerprint density at radius 2 is 2.07 bits per heavy atom. The van der Waals surface area contributed by atoms with Crippen molar-refractivity contribution in [1.82, 2.24) is 15.1 Å². The van der Waals surface area contributed by atoms with Crippen LogP contribution in [0.5, 0.6) is 0 Å². The lowest BCUT2D eigenvalue weighted by Gasteiger charge is -2.32. The molecule has 0 aromatic carbocycles. The van der Waals surface area contributed by atoms with E-state index in [-0.39, 0.29) is 6.03 Å². The van der Waals surface area contributed by atoms with Gasteiger partial charge in [0, 0.05) is 13.1 Å². The van der Waals surface area contributed by atoms with Gasteiger partial charge >= 0.3 is 6.03 Å². The molecule has 1 N–H and O–H groups in total. The first kappa shape index (κ1) is 10.7. The van der Waals surface area contributed by atoms with Gasteiger partial charge in [-0.2, -0.15) is 0 Å². The molecule has 0 spiro atoms. The van der Waals surface area contributed by atoms with E-state index in [1.54, 1.807) is 0 Å². The monoisotopic (exact) mass is 211 g/mol. The van der Waals surface area contributed by atoms with Gasteiger partial charge in [-0.1, -0.05) is 0 Å². The second kappa shape index (κ2) is 4.39. The van der Waals surface area contributed by atoms with Gasteiger partial charge in [0.1, 0.15) is 0 Å². The molecule has 0 bridgehead atoms. The molecule has 0 aliphatic carbocycles. The van der Waals surface area contributed by atoms with E-state index in [1.165, 1.54) is 25.9 Å². The highest BCUT2D eigenvalue weighted by atomic mass is 16.2. The molecule has 2 saturated heterocycles. The van der Waals surface area contributed by atoms with E-state index in [1.807, 2.05) is 11.8 Å². The first-order valence-corrected chi connectivity index (χ1v) is 5.94. The molecule has 0 aromatic rings. The van der Waals surface area contributed by atoms with Crippen molar-refractivity contribution < 1.29 is 4.79 Å². The zero-order valence-corrected chi connectivity index (χ0v) is 9.70. The topological polar surface area (TPSA) is 35.6 Å².